The zero-order chi connectivity index (χ0) is 27.1. The largest absolute Gasteiger partial charge is 0.465 e. The minimum absolute atomic E-state index is 0.148. The first-order valence-electron chi connectivity index (χ1n) is 11.5. The third kappa shape index (κ3) is 4.01. The van der Waals surface area contributed by atoms with Gasteiger partial charge in [-0.05, 0) is 43.3 Å². The summed E-state index contributed by atoms with van der Waals surface area (Å²) in [5.41, 5.74) is -0.0927. The number of carbonyl (C=O) groups excluding carboxylic acids is 4. The lowest BCUT2D eigenvalue weighted by molar-refractivity contribution is -0.112. The van der Waals surface area contributed by atoms with Crippen LogP contribution in [0.4, 0.5) is 5.69 Å². The Bertz CT molecular complexity index is 1720. The molecule has 0 saturated heterocycles. The number of aryl methyl sites for hydroxylation is 1. The maximum absolute atomic E-state index is 14.0. The second-order valence-electron chi connectivity index (χ2n) is 8.61. The summed E-state index contributed by atoms with van der Waals surface area (Å²) in [7, 11) is 1.06. The van der Waals surface area contributed by atoms with E-state index in [0.29, 0.717) is 16.3 Å². The van der Waals surface area contributed by atoms with Crippen molar-refractivity contribution in [1.82, 2.24) is 4.57 Å². The lowest BCUT2D eigenvalue weighted by atomic mass is 9.96. The number of ketones is 2. The first-order chi connectivity index (χ1) is 18.2. The predicted octanol–water partition coefficient (Wildman–Crippen LogP) is 4.62. The number of hydrogen-bond donors (Lipinski definition) is 1. The number of ether oxygens (including phenoxy) is 1. The highest BCUT2D eigenvalue weighted by atomic mass is 35.5. The maximum atomic E-state index is 14.0. The SMILES string of the molecule is COC(=O)c1c2c(n(-c3ccc(C)cc3)c(=O)c1C(=O)C(=O)Nc1ccc(Cl)cc1)-c1ccccc1C2=O. The van der Waals surface area contributed by atoms with Crippen LogP contribution in [0.1, 0.15) is 42.2 Å². The first kappa shape index (κ1) is 24.9. The van der Waals surface area contributed by atoms with Gasteiger partial charge in [-0.2, -0.15) is 0 Å². The predicted molar refractivity (Wildman–Crippen MR) is 141 cm³/mol. The van der Waals surface area contributed by atoms with Crippen molar-refractivity contribution in [3.63, 3.8) is 0 Å². The molecule has 188 valence electrons. The molecule has 0 saturated carbocycles. The van der Waals surface area contributed by atoms with Crippen LogP contribution < -0.4 is 10.9 Å². The van der Waals surface area contributed by atoms with Crippen molar-refractivity contribution in [2.45, 2.75) is 6.92 Å². The van der Waals surface area contributed by atoms with E-state index in [9.17, 15) is 24.0 Å². The van der Waals surface area contributed by atoms with Crippen LogP contribution in [0.15, 0.2) is 77.6 Å². The van der Waals surface area contributed by atoms with Gasteiger partial charge in [0.1, 0.15) is 5.56 Å². The number of hydrogen-bond acceptors (Lipinski definition) is 6. The zero-order valence-electron chi connectivity index (χ0n) is 20.2. The molecule has 0 aliphatic heterocycles. The van der Waals surface area contributed by atoms with Gasteiger partial charge in [-0.25, -0.2) is 4.79 Å². The van der Waals surface area contributed by atoms with E-state index < -0.39 is 40.1 Å². The molecule has 3 aromatic carbocycles. The summed E-state index contributed by atoms with van der Waals surface area (Å²) < 4.78 is 6.08. The van der Waals surface area contributed by atoms with E-state index in [1.54, 1.807) is 48.5 Å². The molecule has 0 radical (unpaired) electrons. The molecule has 0 spiro atoms. The Labute approximate surface area is 221 Å². The number of nitrogens with one attached hydrogen (secondary N) is 1. The molecule has 5 rings (SSSR count). The average Bonchev–Trinajstić information content (AvgIpc) is 3.21. The van der Waals surface area contributed by atoms with Gasteiger partial charge in [0.25, 0.3) is 17.2 Å². The molecular weight excluding hydrogens is 508 g/mol. The van der Waals surface area contributed by atoms with Crippen molar-refractivity contribution in [3.05, 3.63) is 116 Å². The molecule has 0 fully saturated rings. The van der Waals surface area contributed by atoms with E-state index >= 15 is 0 Å². The van der Waals surface area contributed by atoms with Crippen molar-refractivity contribution >= 4 is 40.7 Å². The smallest absolute Gasteiger partial charge is 0.339 e. The highest BCUT2D eigenvalue weighted by Gasteiger charge is 2.40. The molecule has 38 heavy (non-hydrogen) atoms. The number of esters is 1. The van der Waals surface area contributed by atoms with E-state index in [2.05, 4.69) is 5.32 Å². The summed E-state index contributed by atoms with van der Waals surface area (Å²) in [4.78, 5) is 67.2. The fourth-order valence-corrected chi connectivity index (χ4v) is 4.59. The lowest BCUT2D eigenvalue weighted by Crippen LogP contribution is -2.36. The molecule has 0 unspecified atom stereocenters. The Balaban J connectivity index is 1.81. The summed E-state index contributed by atoms with van der Waals surface area (Å²) in [6, 6.07) is 19.4. The average molecular weight is 527 g/mol. The van der Waals surface area contributed by atoms with E-state index in [4.69, 9.17) is 16.3 Å². The van der Waals surface area contributed by atoms with Gasteiger partial charge in [0.2, 0.25) is 0 Å². The normalized spacial score (nSPS) is 11.5. The minimum Gasteiger partial charge on any atom is -0.465 e. The van der Waals surface area contributed by atoms with Gasteiger partial charge in [-0.15, -0.1) is 0 Å². The van der Waals surface area contributed by atoms with Crippen LogP contribution in [0, 0.1) is 6.92 Å². The van der Waals surface area contributed by atoms with Crippen LogP contribution in [-0.2, 0) is 9.53 Å². The van der Waals surface area contributed by atoms with Crippen molar-refractivity contribution in [1.29, 1.82) is 0 Å². The number of aromatic nitrogens is 1. The standard InChI is InChI=1S/C29H19ClN2O6/c1-15-7-13-18(14-8-15)32-24-19-5-3-4-6-20(19)25(33)22(24)21(29(37)38-2)23(28(32)36)26(34)27(35)31-17-11-9-16(30)10-12-17/h3-14H,1-2H3,(H,31,35). The number of nitrogens with zero attached hydrogens (tertiary/aromatic N) is 1. The molecule has 1 aliphatic rings. The van der Waals surface area contributed by atoms with Gasteiger partial charge < -0.3 is 10.1 Å². The van der Waals surface area contributed by atoms with Gasteiger partial charge in [-0.3, -0.25) is 23.7 Å². The van der Waals surface area contributed by atoms with Gasteiger partial charge in [0, 0.05) is 27.5 Å². The number of pyridine rings is 1. The number of halogens is 1. The molecular formula is C29H19ClN2O6. The third-order valence-electron chi connectivity index (χ3n) is 6.25. The summed E-state index contributed by atoms with van der Waals surface area (Å²) in [5, 5.41) is 2.83. The highest BCUT2D eigenvalue weighted by Crippen LogP contribution is 2.40. The van der Waals surface area contributed by atoms with Crippen LogP contribution in [0.25, 0.3) is 16.9 Å². The topological polar surface area (TPSA) is 112 Å². The highest BCUT2D eigenvalue weighted by molar-refractivity contribution is 6.48. The summed E-state index contributed by atoms with van der Waals surface area (Å²) >= 11 is 5.88. The molecule has 1 heterocycles. The first-order valence-corrected chi connectivity index (χ1v) is 11.8. The molecule has 1 N–H and O–H groups in total. The fraction of sp³-hybridized carbons (Fsp3) is 0.0690. The quantitative estimate of drug-likeness (QED) is 0.203. The Kier molecular flexibility index (Phi) is 6.26. The van der Waals surface area contributed by atoms with Crippen molar-refractivity contribution < 1.29 is 23.9 Å². The fourth-order valence-electron chi connectivity index (χ4n) is 4.47. The van der Waals surface area contributed by atoms with E-state index in [1.165, 1.54) is 28.8 Å². The number of fused-ring (bicyclic) bond motifs is 3. The van der Waals surface area contributed by atoms with Crippen LogP contribution in [0.5, 0.6) is 0 Å². The van der Waals surface area contributed by atoms with E-state index in [1.807, 2.05) is 6.92 Å². The number of methoxy groups -OCH3 is 1. The third-order valence-corrected chi connectivity index (χ3v) is 6.50. The second kappa shape index (κ2) is 9.57. The monoisotopic (exact) mass is 526 g/mol. The Hall–Kier alpha value is -4.82. The molecule has 1 aliphatic carbocycles. The lowest BCUT2D eigenvalue weighted by Gasteiger charge is -2.18. The molecule has 0 bridgehead atoms. The molecule has 9 heteroatoms. The van der Waals surface area contributed by atoms with E-state index in [-0.39, 0.29) is 22.5 Å². The molecule has 8 nitrogen and oxygen atoms in total. The molecule has 1 amide bonds. The number of benzene rings is 3. The Morgan fingerprint density at radius 3 is 2.11 bits per heavy atom. The van der Waals surface area contributed by atoms with Crippen LogP contribution >= 0.6 is 11.6 Å². The number of carbonyl (C=O) groups is 4. The second-order valence-corrected chi connectivity index (χ2v) is 9.04. The van der Waals surface area contributed by atoms with Gasteiger partial charge in [-0.1, -0.05) is 53.6 Å². The number of Topliss-reactive ketones (excluding diaryl/α,β-unsaturated/α-hetero) is 1. The molecule has 1 aromatic heterocycles. The summed E-state index contributed by atoms with van der Waals surface area (Å²) in [6.07, 6.45) is 0. The summed E-state index contributed by atoms with van der Waals surface area (Å²) in [6.45, 7) is 1.87. The van der Waals surface area contributed by atoms with Gasteiger partial charge in [0.05, 0.1) is 23.9 Å². The Morgan fingerprint density at radius 1 is 0.842 bits per heavy atom. The van der Waals surface area contributed by atoms with Crippen LogP contribution in [0.3, 0.4) is 0 Å². The van der Waals surface area contributed by atoms with E-state index in [0.717, 1.165) is 12.7 Å². The number of rotatable bonds is 5. The summed E-state index contributed by atoms with van der Waals surface area (Å²) in [5.74, 6) is -4.12. The van der Waals surface area contributed by atoms with Crippen molar-refractivity contribution in [2.75, 3.05) is 12.4 Å². The maximum Gasteiger partial charge on any atom is 0.339 e. The Morgan fingerprint density at radius 2 is 1.47 bits per heavy atom. The van der Waals surface area contributed by atoms with Crippen molar-refractivity contribution in [2.24, 2.45) is 0 Å². The number of anilines is 1. The number of amides is 1. The zero-order valence-corrected chi connectivity index (χ0v) is 21.0. The van der Waals surface area contributed by atoms with Crippen LogP contribution in [-0.4, -0.2) is 35.1 Å². The van der Waals surface area contributed by atoms with Crippen molar-refractivity contribution in [3.8, 4) is 16.9 Å². The minimum atomic E-state index is -1.29. The van der Waals surface area contributed by atoms with Crippen LogP contribution in [0.2, 0.25) is 5.02 Å². The van der Waals surface area contributed by atoms with Gasteiger partial charge >= 0.3 is 5.97 Å². The van der Waals surface area contributed by atoms with Gasteiger partial charge in [0.15, 0.2) is 5.78 Å². The molecule has 0 atom stereocenters. The molecule has 4 aromatic rings.